The van der Waals surface area contributed by atoms with E-state index in [1.807, 2.05) is 0 Å². The van der Waals surface area contributed by atoms with Crippen molar-refractivity contribution in [1.82, 2.24) is 5.32 Å². The van der Waals surface area contributed by atoms with Crippen molar-refractivity contribution in [3.63, 3.8) is 0 Å². The zero-order valence-corrected chi connectivity index (χ0v) is 11.7. The van der Waals surface area contributed by atoms with Crippen LogP contribution in [0.15, 0.2) is 12.1 Å². The molecule has 0 unspecified atom stereocenters. The minimum Gasteiger partial charge on any atom is -0.307 e. The molecule has 1 heteroatoms. The monoisotopic (exact) mass is 231 g/mol. The van der Waals surface area contributed by atoms with Crippen molar-refractivity contribution in [2.24, 2.45) is 0 Å². The Hall–Kier alpha value is -0.820. The summed E-state index contributed by atoms with van der Waals surface area (Å²) in [6.45, 7) is 10.0. The Labute approximate surface area is 106 Å². The zero-order chi connectivity index (χ0) is 12.5. The summed E-state index contributed by atoms with van der Waals surface area (Å²) in [5.41, 5.74) is 6.09. The van der Waals surface area contributed by atoms with E-state index < -0.39 is 0 Å². The normalized spacial score (nSPS) is 18.6. The van der Waals surface area contributed by atoms with Crippen molar-refractivity contribution < 1.29 is 0 Å². The maximum absolute atomic E-state index is 3.78. The summed E-state index contributed by atoms with van der Waals surface area (Å²) in [5.74, 6) is 0. The lowest BCUT2D eigenvalue weighted by molar-refractivity contribution is 0.362. The fourth-order valence-electron chi connectivity index (χ4n) is 3.12. The third-order valence-electron chi connectivity index (χ3n) is 4.24. The first-order valence-electron chi connectivity index (χ1n) is 6.82. The lowest BCUT2D eigenvalue weighted by Gasteiger charge is -2.26. The second kappa shape index (κ2) is 4.81. The van der Waals surface area contributed by atoms with Crippen LogP contribution in [0.4, 0.5) is 0 Å². The van der Waals surface area contributed by atoms with Gasteiger partial charge in [0.1, 0.15) is 0 Å². The van der Waals surface area contributed by atoms with Gasteiger partial charge in [0.25, 0.3) is 0 Å². The van der Waals surface area contributed by atoms with Crippen LogP contribution in [0.1, 0.15) is 54.9 Å². The number of aryl methyl sites for hydroxylation is 3. The van der Waals surface area contributed by atoms with Gasteiger partial charge in [0.05, 0.1) is 0 Å². The minimum absolute atomic E-state index is 0.379. The predicted octanol–water partition coefficient (Wildman–Crippen LogP) is 4.03. The van der Waals surface area contributed by atoms with E-state index in [4.69, 9.17) is 0 Å². The fraction of sp³-hybridized carbons (Fsp3) is 0.625. The number of benzene rings is 1. The summed E-state index contributed by atoms with van der Waals surface area (Å²) in [6, 6.07) is 4.59. The second-order valence-corrected chi connectivity index (χ2v) is 6.00. The van der Waals surface area contributed by atoms with Crippen LogP contribution in [0, 0.1) is 20.8 Å². The maximum Gasteiger partial charge on any atom is 0.0215 e. The van der Waals surface area contributed by atoms with Gasteiger partial charge in [0.15, 0.2) is 0 Å². The van der Waals surface area contributed by atoms with E-state index >= 15 is 0 Å². The molecule has 0 spiro atoms. The second-order valence-electron chi connectivity index (χ2n) is 6.00. The van der Waals surface area contributed by atoms with Crippen LogP contribution in [0.2, 0.25) is 0 Å². The Morgan fingerprint density at radius 1 is 1.06 bits per heavy atom. The van der Waals surface area contributed by atoms with E-state index in [0.717, 1.165) is 6.54 Å². The Bertz CT molecular complexity index is 377. The average Bonchev–Trinajstić information content (AvgIpc) is 2.64. The molecule has 1 N–H and O–H groups in total. The Morgan fingerprint density at radius 2 is 1.59 bits per heavy atom. The molecule has 1 aromatic carbocycles. The molecule has 1 fully saturated rings. The average molecular weight is 231 g/mol. The molecule has 2 rings (SSSR count). The van der Waals surface area contributed by atoms with Gasteiger partial charge in [-0.1, -0.05) is 30.5 Å². The first-order valence-corrected chi connectivity index (χ1v) is 6.82. The summed E-state index contributed by atoms with van der Waals surface area (Å²) in [5, 5.41) is 3.78. The number of rotatable bonds is 3. The van der Waals surface area contributed by atoms with Gasteiger partial charge in [0, 0.05) is 12.1 Å². The maximum atomic E-state index is 3.78. The molecule has 17 heavy (non-hydrogen) atoms. The summed E-state index contributed by atoms with van der Waals surface area (Å²) in [7, 11) is 0. The third kappa shape index (κ3) is 2.90. The highest BCUT2D eigenvalue weighted by atomic mass is 15.0. The highest BCUT2D eigenvalue weighted by Gasteiger charge is 2.27. The van der Waals surface area contributed by atoms with Crippen LogP contribution in [-0.2, 0) is 6.54 Å². The predicted molar refractivity (Wildman–Crippen MR) is 74.4 cm³/mol. The molecule has 1 aromatic rings. The van der Waals surface area contributed by atoms with E-state index in [1.165, 1.54) is 47.9 Å². The zero-order valence-electron chi connectivity index (χ0n) is 11.7. The largest absolute Gasteiger partial charge is 0.307 e. The van der Waals surface area contributed by atoms with E-state index in [-0.39, 0.29) is 0 Å². The molecule has 1 aliphatic carbocycles. The molecule has 1 nitrogen and oxygen atoms in total. The van der Waals surface area contributed by atoms with Gasteiger partial charge >= 0.3 is 0 Å². The van der Waals surface area contributed by atoms with Crippen LogP contribution in [0.25, 0.3) is 0 Å². The van der Waals surface area contributed by atoms with Crippen molar-refractivity contribution >= 4 is 0 Å². The molecule has 0 amide bonds. The minimum atomic E-state index is 0.379. The van der Waals surface area contributed by atoms with Gasteiger partial charge in [-0.05, 0) is 57.2 Å². The van der Waals surface area contributed by atoms with Gasteiger partial charge in [-0.3, -0.25) is 0 Å². The van der Waals surface area contributed by atoms with Gasteiger partial charge in [-0.25, -0.2) is 0 Å². The lowest BCUT2D eigenvalue weighted by atomic mass is 9.96. The highest BCUT2D eigenvalue weighted by Crippen LogP contribution is 2.29. The molecule has 1 saturated carbocycles. The van der Waals surface area contributed by atoms with Gasteiger partial charge in [-0.15, -0.1) is 0 Å². The van der Waals surface area contributed by atoms with Crippen LogP contribution in [-0.4, -0.2) is 5.54 Å². The van der Waals surface area contributed by atoms with Gasteiger partial charge < -0.3 is 5.32 Å². The summed E-state index contributed by atoms with van der Waals surface area (Å²) in [6.07, 6.45) is 5.43. The molecule has 94 valence electrons. The summed E-state index contributed by atoms with van der Waals surface area (Å²) in [4.78, 5) is 0. The Morgan fingerprint density at radius 3 is 2.12 bits per heavy atom. The third-order valence-corrected chi connectivity index (χ3v) is 4.24. The molecular formula is C16H25N. The number of hydrogen-bond acceptors (Lipinski definition) is 1. The topological polar surface area (TPSA) is 12.0 Å². The quantitative estimate of drug-likeness (QED) is 0.828. The van der Waals surface area contributed by atoms with Gasteiger partial charge in [0.2, 0.25) is 0 Å². The first-order chi connectivity index (χ1) is 8.00. The first kappa shape index (κ1) is 12.6. The fourth-order valence-corrected chi connectivity index (χ4v) is 3.12. The summed E-state index contributed by atoms with van der Waals surface area (Å²) >= 11 is 0. The van der Waals surface area contributed by atoms with Crippen LogP contribution >= 0.6 is 0 Å². The molecule has 1 aliphatic rings. The standard InChI is InChI=1S/C16H25N/c1-12-9-13(2)15(14(3)10-12)11-17-16(4)7-5-6-8-16/h9-10,17H,5-8,11H2,1-4H3. The van der Waals surface area contributed by atoms with E-state index in [2.05, 4.69) is 45.1 Å². The molecule has 0 bridgehead atoms. The molecule has 0 atom stereocenters. The molecule has 0 heterocycles. The van der Waals surface area contributed by atoms with Crippen LogP contribution in [0.3, 0.4) is 0 Å². The molecule has 0 saturated heterocycles. The molecule has 0 radical (unpaired) electrons. The van der Waals surface area contributed by atoms with Crippen molar-refractivity contribution in [3.8, 4) is 0 Å². The van der Waals surface area contributed by atoms with E-state index in [9.17, 15) is 0 Å². The number of hydrogen-bond donors (Lipinski definition) is 1. The molecule has 0 aromatic heterocycles. The van der Waals surface area contributed by atoms with E-state index in [0.29, 0.717) is 5.54 Å². The highest BCUT2D eigenvalue weighted by molar-refractivity contribution is 5.37. The Balaban J connectivity index is 2.08. The molecule has 0 aliphatic heterocycles. The van der Waals surface area contributed by atoms with Crippen LogP contribution < -0.4 is 5.32 Å². The SMILES string of the molecule is Cc1cc(C)c(CNC2(C)CCCC2)c(C)c1. The number of nitrogens with one attached hydrogen (secondary N) is 1. The lowest BCUT2D eigenvalue weighted by Crippen LogP contribution is -2.39. The van der Waals surface area contributed by atoms with Gasteiger partial charge in [-0.2, -0.15) is 0 Å². The smallest absolute Gasteiger partial charge is 0.0215 e. The van der Waals surface area contributed by atoms with Crippen molar-refractivity contribution in [2.45, 2.75) is 65.5 Å². The molecular weight excluding hydrogens is 206 g/mol. The van der Waals surface area contributed by atoms with Crippen LogP contribution in [0.5, 0.6) is 0 Å². The summed E-state index contributed by atoms with van der Waals surface area (Å²) < 4.78 is 0. The Kier molecular flexibility index (Phi) is 3.58. The van der Waals surface area contributed by atoms with E-state index in [1.54, 1.807) is 0 Å². The van der Waals surface area contributed by atoms with Crippen molar-refractivity contribution in [3.05, 3.63) is 34.4 Å². The van der Waals surface area contributed by atoms with Crippen molar-refractivity contribution in [1.29, 1.82) is 0 Å². The van der Waals surface area contributed by atoms with Crippen molar-refractivity contribution in [2.75, 3.05) is 0 Å².